The lowest BCUT2D eigenvalue weighted by atomic mass is 10.0. The summed E-state index contributed by atoms with van der Waals surface area (Å²) in [6.07, 6.45) is 0.274. The van der Waals surface area contributed by atoms with Crippen molar-refractivity contribution < 1.29 is 8.42 Å². The van der Waals surface area contributed by atoms with Crippen LogP contribution in [0.3, 0.4) is 0 Å². The van der Waals surface area contributed by atoms with E-state index in [9.17, 15) is 8.42 Å². The van der Waals surface area contributed by atoms with Crippen LogP contribution in [0.2, 0.25) is 0 Å². The zero-order valence-electron chi connectivity index (χ0n) is 10.8. The molecule has 0 saturated carbocycles. The molecule has 0 spiro atoms. The average Bonchev–Trinajstić information content (AvgIpc) is 2.30. The quantitative estimate of drug-likeness (QED) is 0.890. The van der Waals surface area contributed by atoms with Gasteiger partial charge in [0.2, 0.25) is 10.0 Å². The zero-order chi connectivity index (χ0) is 13.8. The first-order chi connectivity index (χ1) is 8.40. The van der Waals surface area contributed by atoms with E-state index < -0.39 is 15.3 Å². The molecule has 1 rings (SSSR count). The molecule has 0 aliphatic carbocycles. The molecule has 4 nitrogen and oxygen atoms in total. The van der Waals surface area contributed by atoms with Gasteiger partial charge in [0, 0.05) is 5.69 Å². The number of nitriles is 1. The third kappa shape index (κ3) is 3.47. The van der Waals surface area contributed by atoms with Crippen LogP contribution >= 0.6 is 0 Å². The number of rotatable bonds is 5. The van der Waals surface area contributed by atoms with Crippen molar-refractivity contribution >= 4 is 15.7 Å². The summed E-state index contributed by atoms with van der Waals surface area (Å²) in [5.41, 5.74) is 1.64. The lowest BCUT2D eigenvalue weighted by Gasteiger charge is -2.12. The Kier molecular flexibility index (Phi) is 4.74. The van der Waals surface area contributed by atoms with E-state index in [0.717, 1.165) is 5.56 Å². The Morgan fingerprint density at radius 3 is 2.22 bits per heavy atom. The number of anilines is 1. The highest BCUT2D eigenvalue weighted by Gasteiger charge is 2.23. The topological polar surface area (TPSA) is 70.0 Å². The third-order valence-corrected chi connectivity index (χ3v) is 4.43. The van der Waals surface area contributed by atoms with Crippen LogP contribution in [0.15, 0.2) is 24.3 Å². The van der Waals surface area contributed by atoms with Gasteiger partial charge in [-0.15, -0.1) is 0 Å². The van der Waals surface area contributed by atoms with Crippen molar-refractivity contribution in [2.45, 2.75) is 38.4 Å². The van der Waals surface area contributed by atoms with Crippen LogP contribution in [0.5, 0.6) is 0 Å². The number of benzene rings is 1. The molecule has 1 aromatic carbocycles. The Morgan fingerprint density at radius 1 is 1.28 bits per heavy atom. The second kappa shape index (κ2) is 5.87. The minimum absolute atomic E-state index is 0.274. The van der Waals surface area contributed by atoms with Crippen LogP contribution in [-0.2, 0) is 10.0 Å². The molecule has 1 aromatic rings. The number of hydrogen-bond acceptors (Lipinski definition) is 3. The average molecular weight is 266 g/mol. The second-order valence-electron chi connectivity index (χ2n) is 4.45. The lowest BCUT2D eigenvalue weighted by Crippen LogP contribution is -2.25. The van der Waals surface area contributed by atoms with Crippen molar-refractivity contribution in [2.75, 3.05) is 4.72 Å². The van der Waals surface area contributed by atoms with Crippen molar-refractivity contribution in [3.8, 4) is 6.07 Å². The van der Waals surface area contributed by atoms with Crippen molar-refractivity contribution in [1.82, 2.24) is 0 Å². The van der Waals surface area contributed by atoms with Crippen molar-refractivity contribution in [3.63, 3.8) is 0 Å². The predicted octanol–water partition coefficient (Wildman–Crippen LogP) is 2.85. The largest absolute Gasteiger partial charge is 0.282 e. The van der Waals surface area contributed by atoms with Crippen LogP contribution in [0, 0.1) is 11.3 Å². The fraction of sp³-hybridized carbons (Fsp3) is 0.462. The van der Waals surface area contributed by atoms with E-state index in [4.69, 9.17) is 5.26 Å². The maximum Gasteiger partial charge on any atom is 0.249 e. The van der Waals surface area contributed by atoms with Crippen LogP contribution in [-0.4, -0.2) is 13.7 Å². The first kappa shape index (κ1) is 14.5. The molecule has 18 heavy (non-hydrogen) atoms. The Bertz CT molecular complexity index is 527. The van der Waals surface area contributed by atoms with Gasteiger partial charge in [0.15, 0.2) is 5.25 Å². The Hall–Kier alpha value is -1.54. The molecule has 0 bridgehead atoms. The summed E-state index contributed by atoms with van der Waals surface area (Å²) >= 11 is 0. The highest BCUT2D eigenvalue weighted by Crippen LogP contribution is 2.19. The molecule has 0 heterocycles. The monoisotopic (exact) mass is 266 g/mol. The molecule has 0 saturated heterocycles. The Morgan fingerprint density at radius 2 is 1.83 bits per heavy atom. The number of hydrogen-bond donors (Lipinski definition) is 1. The molecule has 0 radical (unpaired) electrons. The summed E-state index contributed by atoms with van der Waals surface area (Å²) in [5, 5.41) is 7.78. The van der Waals surface area contributed by atoms with Gasteiger partial charge in [-0.3, -0.25) is 4.72 Å². The Labute approximate surface area is 109 Å². The summed E-state index contributed by atoms with van der Waals surface area (Å²) in [6.45, 7) is 5.82. The minimum atomic E-state index is -3.62. The van der Waals surface area contributed by atoms with Gasteiger partial charge in [-0.25, -0.2) is 8.42 Å². The van der Waals surface area contributed by atoms with Crippen molar-refractivity contribution in [3.05, 3.63) is 29.8 Å². The zero-order valence-corrected chi connectivity index (χ0v) is 11.7. The van der Waals surface area contributed by atoms with Gasteiger partial charge < -0.3 is 0 Å². The smallest absolute Gasteiger partial charge is 0.249 e. The fourth-order valence-corrected chi connectivity index (χ4v) is 2.74. The predicted molar refractivity (Wildman–Crippen MR) is 72.8 cm³/mol. The van der Waals surface area contributed by atoms with Gasteiger partial charge in [-0.2, -0.15) is 5.26 Å². The Balaban J connectivity index is 2.89. The molecule has 0 amide bonds. The third-order valence-electron chi connectivity index (χ3n) is 2.73. The molecular weight excluding hydrogens is 248 g/mol. The van der Waals surface area contributed by atoms with Crippen LogP contribution in [0.1, 0.15) is 38.7 Å². The van der Waals surface area contributed by atoms with E-state index in [1.54, 1.807) is 25.1 Å². The van der Waals surface area contributed by atoms with E-state index in [0.29, 0.717) is 11.6 Å². The van der Waals surface area contributed by atoms with Crippen molar-refractivity contribution in [1.29, 1.82) is 5.26 Å². The van der Waals surface area contributed by atoms with Gasteiger partial charge in [0.05, 0.1) is 6.07 Å². The van der Waals surface area contributed by atoms with Gasteiger partial charge in [0.1, 0.15) is 0 Å². The highest BCUT2D eigenvalue weighted by atomic mass is 32.2. The molecule has 1 N–H and O–H groups in total. The normalized spacial score (nSPS) is 13.1. The second-order valence-corrected chi connectivity index (χ2v) is 6.31. The van der Waals surface area contributed by atoms with Crippen LogP contribution in [0.25, 0.3) is 0 Å². The van der Waals surface area contributed by atoms with Gasteiger partial charge >= 0.3 is 0 Å². The molecule has 98 valence electrons. The van der Waals surface area contributed by atoms with Crippen molar-refractivity contribution in [2.24, 2.45) is 0 Å². The lowest BCUT2D eigenvalue weighted by molar-refractivity contribution is 0.593. The van der Waals surface area contributed by atoms with E-state index >= 15 is 0 Å². The van der Waals surface area contributed by atoms with E-state index in [-0.39, 0.29) is 6.42 Å². The van der Waals surface area contributed by atoms with Crippen LogP contribution < -0.4 is 4.72 Å². The van der Waals surface area contributed by atoms with Gasteiger partial charge in [-0.1, -0.05) is 32.9 Å². The highest BCUT2D eigenvalue weighted by molar-refractivity contribution is 7.93. The van der Waals surface area contributed by atoms with E-state index in [2.05, 4.69) is 18.6 Å². The molecule has 0 fully saturated rings. The standard InChI is InChI=1S/C13H18N2O2S/c1-4-13(9-14)18(16,17)15-12-7-5-11(6-8-12)10(2)3/h5-8,10,13,15H,4H2,1-3H3. The number of sulfonamides is 1. The maximum absolute atomic E-state index is 11.8. The first-order valence-corrected chi connectivity index (χ1v) is 7.46. The minimum Gasteiger partial charge on any atom is -0.282 e. The fourth-order valence-electron chi connectivity index (χ4n) is 1.55. The van der Waals surface area contributed by atoms with E-state index in [1.807, 2.05) is 12.1 Å². The molecule has 1 unspecified atom stereocenters. The summed E-state index contributed by atoms with van der Waals surface area (Å²) in [4.78, 5) is 0. The van der Waals surface area contributed by atoms with Gasteiger partial charge in [-0.05, 0) is 30.0 Å². The molecule has 1 atom stereocenters. The molecule has 5 heteroatoms. The van der Waals surface area contributed by atoms with Gasteiger partial charge in [0.25, 0.3) is 0 Å². The molecule has 0 aromatic heterocycles. The summed E-state index contributed by atoms with van der Waals surface area (Å²) in [7, 11) is -3.62. The summed E-state index contributed by atoms with van der Waals surface area (Å²) < 4.78 is 26.1. The summed E-state index contributed by atoms with van der Waals surface area (Å²) in [6, 6.07) is 9.00. The first-order valence-electron chi connectivity index (χ1n) is 5.92. The summed E-state index contributed by atoms with van der Waals surface area (Å²) in [5.74, 6) is 0.401. The van der Waals surface area contributed by atoms with Crippen LogP contribution in [0.4, 0.5) is 5.69 Å². The molecule has 0 aliphatic rings. The molecular formula is C13H18N2O2S. The molecule has 0 aliphatic heterocycles. The maximum atomic E-state index is 11.8. The number of nitrogens with zero attached hydrogens (tertiary/aromatic N) is 1. The SMILES string of the molecule is CCC(C#N)S(=O)(=O)Nc1ccc(C(C)C)cc1. The number of nitrogens with one attached hydrogen (secondary N) is 1. The van der Waals surface area contributed by atoms with E-state index in [1.165, 1.54) is 0 Å².